The molecule has 22 heavy (non-hydrogen) atoms. The zero-order valence-electron chi connectivity index (χ0n) is 12.2. The fraction of sp³-hybridized carbons (Fsp3) is 0.250. The second-order valence-corrected chi connectivity index (χ2v) is 5.47. The van der Waals surface area contributed by atoms with E-state index in [2.05, 4.69) is 4.74 Å². The number of rotatable bonds is 5. The Bertz CT molecular complexity index is 733. The quantitative estimate of drug-likeness (QED) is 0.617. The van der Waals surface area contributed by atoms with Crippen LogP contribution in [0.15, 0.2) is 33.6 Å². The summed E-state index contributed by atoms with van der Waals surface area (Å²) in [5.74, 6) is 0.332. The molecule has 0 saturated heterocycles. The van der Waals surface area contributed by atoms with Gasteiger partial charge in [0.15, 0.2) is 0 Å². The van der Waals surface area contributed by atoms with E-state index >= 15 is 0 Å². The number of furan rings is 1. The topological polar surface area (TPSA) is 63.2 Å². The number of carbonyl (C=O) groups excluding carboxylic acids is 1. The average molecular weight is 319 g/mol. The molecule has 1 heterocycles. The first-order chi connectivity index (χ1) is 10.6. The van der Waals surface area contributed by atoms with E-state index in [0.29, 0.717) is 22.8 Å². The molecule has 0 aliphatic heterocycles. The number of ether oxygens (including phenoxy) is 1. The third-order valence-electron chi connectivity index (χ3n) is 3.05. The van der Waals surface area contributed by atoms with Crippen LogP contribution in [0.25, 0.3) is 0 Å². The lowest BCUT2D eigenvalue weighted by Gasteiger charge is -2.03. The van der Waals surface area contributed by atoms with Crippen LogP contribution >= 0.6 is 11.8 Å². The van der Waals surface area contributed by atoms with Crippen molar-refractivity contribution in [2.24, 2.45) is 0 Å². The Morgan fingerprint density at radius 3 is 2.82 bits per heavy atom. The van der Waals surface area contributed by atoms with Gasteiger partial charge in [0.1, 0.15) is 11.6 Å². The summed E-state index contributed by atoms with van der Waals surface area (Å²) in [5, 5.41) is 8.73. The van der Waals surface area contributed by atoms with Crippen molar-refractivity contribution in [1.82, 2.24) is 0 Å². The van der Waals surface area contributed by atoms with Crippen LogP contribution in [0.5, 0.6) is 0 Å². The lowest BCUT2D eigenvalue weighted by Crippen LogP contribution is -1.98. The van der Waals surface area contributed by atoms with Gasteiger partial charge in [-0.05, 0) is 24.3 Å². The Labute approximate surface area is 131 Å². The first kappa shape index (κ1) is 16.1. The van der Waals surface area contributed by atoms with Crippen LogP contribution in [-0.2, 0) is 16.9 Å². The van der Waals surface area contributed by atoms with Gasteiger partial charge in [0, 0.05) is 22.6 Å². The molecule has 2 rings (SSSR count). The van der Waals surface area contributed by atoms with Gasteiger partial charge < -0.3 is 9.15 Å². The minimum Gasteiger partial charge on any atom is -0.463 e. The zero-order valence-corrected chi connectivity index (χ0v) is 13.0. The highest BCUT2D eigenvalue weighted by Gasteiger charge is 2.16. The molecule has 0 saturated carbocycles. The van der Waals surface area contributed by atoms with Crippen molar-refractivity contribution in [3.05, 3.63) is 52.7 Å². The Hall–Kier alpha value is -2.26. The maximum atomic E-state index is 13.8. The van der Waals surface area contributed by atoms with Crippen molar-refractivity contribution >= 4 is 17.7 Å². The molecule has 0 fully saturated rings. The van der Waals surface area contributed by atoms with E-state index in [4.69, 9.17) is 9.68 Å². The van der Waals surface area contributed by atoms with E-state index in [1.54, 1.807) is 18.2 Å². The molecule has 6 heteroatoms. The number of carbonyl (C=O) groups is 1. The number of benzene rings is 1. The molecule has 0 amide bonds. The van der Waals surface area contributed by atoms with E-state index in [0.717, 1.165) is 5.56 Å². The molecular weight excluding hydrogens is 305 g/mol. The molecule has 1 aromatic carbocycles. The van der Waals surface area contributed by atoms with Crippen LogP contribution in [0.3, 0.4) is 0 Å². The van der Waals surface area contributed by atoms with E-state index < -0.39 is 11.8 Å². The van der Waals surface area contributed by atoms with Crippen molar-refractivity contribution in [3.8, 4) is 6.07 Å². The number of aryl methyl sites for hydroxylation is 1. The number of thioether (sulfide) groups is 1. The Kier molecular flexibility index (Phi) is 5.23. The molecule has 114 valence electrons. The zero-order chi connectivity index (χ0) is 16.1. The summed E-state index contributed by atoms with van der Waals surface area (Å²) in [5.41, 5.74) is 1.11. The van der Waals surface area contributed by atoms with Crippen LogP contribution in [-0.4, -0.2) is 13.1 Å². The van der Waals surface area contributed by atoms with Gasteiger partial charge in [-0.15, -0.1) is 11.8 Å². The summed E-state index contributed by atoms with van der Waals surface area (Å²) in [6, 6.07) is 7.87. The highest BCUT2D eigenvalue weighted by atomic mass is 32.2. The van der Waals surface area contributed by atoms with Gasteiger partial charge in [0.2, 0.25) is 5.76 Å². The van der Waals surface area contributed by atoms with E-state index in [9.17, 15) is 9.18 Å². The number of hydrogen-bond acceptors (Lipinski definition) is 5. The SMILES string of the molecule is CCc1oc(C(=O)OC)cc1CSc1ccc(C#N)cc1F. The third-order valence-corrected chi connectivity index (χ3v) is 4.15. The molecule has 1 aromatic heterocycles. The molecule has 0 unspecified atom stereocenters. The van der Waals surface area contributed by atoms with Gasteiger partial charge in [0.05, 0.1) is 18.7 Å². The summed E-state index contributed by atoms with van der Waals surface area (Å²) in [6.07, 6.45) is 0.628. The summed E-state index contributed by atoms with van der Waals surface area (Å²) in [6.45, 7) is 1.91. The minimum absolute atomic E-state index is 0.148. The number of methoxy groups -OCH3 is 1. The van der Waals surface area contributed by atoms with Crippen LogP contribution in [0.2, 0.25) is 0 Å². The van der Waals surface area contributed by atoms with Gasteiger partial charge >= 0.3 is 5.97 Å². The average Bonchev–Trinajstić information content (AvgIpc) is 2.96. The number of hydrogen-bond donors (Lipinski definition) is 0. The molecular formula is C16H14FNO3S. The smallest absolute Gasteiger partial charge is 0.373 e. The minimum atomic E-state index is -0.532. The summed E-state index contributed by atoms with van der Waals surface area (Å²) in [7, 11) is 1.29. The molecule has 0 aliphatic carbocycles. The Morgan fingerprint density at radius 1 is 1.45 bits per heavy atom. The predicted octanol–water partition coefficient (Wildman–Crippen LogP) is 3.93. The second-order valence-electron chi connectivity index (χ2n) is 4.45. The molecule has 0 bridgehead atoms. The van der Waals surface area contributed by atoms with Crippen molar-refractivity contribution in [2.45, 2.75) is 24.0 Å². The van der Waals surface area contributed by atoms with Crippen LogP contribution < -0.4 is 0 Å². The number of esters is 1. The first-order valence-corrected chi connectivity index (χ1v) is 7.60. The Balaban J connectivity index is 2.16. The summed E-state index contributed by atoms with van der Waals surface area (Å²) >= 11 is 1.28. The molecule has 2 aromatic rings. The van der Waals surface area contributed by atoms with Crippen LogP contribution in [0.4, 0.5) is 4.39 Å². The second kappa shape index (κ2) is 7.14. The third kappa shape index (κ3) is 3.49. The molecule has 0 atom stereocenters. The Morgan fingerprint density at radius 2 is 2.23 bits per heavy atom. The standard InChI is InChI=1S/C16H14FNO3S/c1-3-13-11(7-14(21-13)16(19)20-2)9-22-15-5-4-10(8-18)6-12(15)17/h4-7H,3,9H2,1-2H3. The highest BCUT2D eigenvalue weighted by molar-refractivity contribution is 7.98. The van der Waals surface area contributed by atoms with Gasteiger partial charge in [-0.2, -0.15) is 5.26 Å². The molecule has 0 aliphatic rings. The molecule has 0 N–H and O–H groups in total. The fourth-order valence-electron chi connectivity index (χ4n) is 1.93. The van der Waals surface area contributed by atoms with E-state index in [-0.39, 0.29) is 11.3 Å². The molecule has 0 radical (unpaired) electrons. The highest BCUT2D eigenvalue weighted by Crippen LogP contribution is 2.29. The number of halogens is 1. The molecule has 0 spiro atoms. The van der Waals surface area contributed by atoms with Crippen molar-refractivity contribution in [2.75, 3.05) is 7.11 Å². The molecule has 4 nitrogen and oxygen atoms in total. The normalized spacial score (nSPS) is 10.3. The largest absolute Gasteiger partial charge is 0.463 e. The monoisotopic (exact) mass is 319 g/mol. The maximum absolute atomic E-state index is 13.8. The van der Waals surface area contributed by atoms with Crippen molar-refractivity contribution < 1.29 is 18.3 Å². The summed E-state index contributed by atoms with van der Waals surface area (Å²) < 4.78 is 23.9. The predicted molar refractivity (Wildman–Crippen MR) is 80.1 cm³/mol. The van der Waals surface area contributed by atoms with Gasteiger partial charge in [-0.3, -0.25) is 0 Å². The van der Waals surface area contributed by atoms with E-state index in [1.165, 1.54) is 24.9 Å². The summed E-state index contributed by atoms with van der Waals surface area (Å²) in [4.78, 5) is 11.9. The van der Waals surface area contributed by atoms with Crippen LogP contribution in [0.1, 0.15) is 34.4 Å². The number of nitriles is 1. The van der Waals surface area contributed by atoms with Crippen molar-refractivity contribution in [1.29, 1.82) is 5.26 Å². The van der Waals surface area contributed by atoms with Gasteiger partial charge in [-0.25, -0.2) is 9.18 Å². The van der Waals surface area contributed by atoms with Gasteiger partial charge in [0.25, 0.3) is 0 Å². The van der Waals surface area contributed by atoms with Crippen molar-refractivity contribution in [3.63, 3.8) is 0 Å². The van der Waals surface area contributed by atoms with E-state index in [1.807, 2.05) is 13.0 Å². The lowest BCUT2D eigenvalue weighted by molar-refractivity contribution is 0.0563. The first-order valence-electron chi connectivity index (χ1n) is 6.61. The lowest BCUT2D eigenvalue weighted by atomic mass is 10.2. The van der Waals surface area contributed by atoms with Crippen LogP contribution in [0, 0.1) is 17.1 Å². The maximum Gasteiger partial charge on any atom is 0.373 e. The number of nitrogens with zero attached hydrogens (tertiary/aromatic N) is 1. The van der Waals surface area contributed by atoms with Gasteiger partial charge in [-0.1, -0.05) is 6.92 Å². The fourth-order valence-corrected chi connectivity index (χ4v) is 2.85.